The molecule has 2 heterocycles. The lowest BCUT2D eigenvalue weighted by atomic mass is 10.1. The highest BCUT2D eigenvalue weighted by molar-refractivity contribution is 7.98. The van der Waals surface area contributed by atoms with E-state index < -0.39 is 0 Å². The number of aromatic nitrogens is 2. The van der Waals surface area contributed by atoms with E-state index in [9.17, 15) is 0 Å². The Hall–Kier alpha value is -2.70. The molecule has 0 aliphatic heterocycles. The lowest BCUT2D eigenvalue weighted by Crippen LogP contribution is -2.15. The van der Waals surface area contributed by atoms with Crippen LogP contribution < -0.4 is 9.54 Å². The van der Waals surface area contributed by atoms with Gasteiger partial charge in [0.2, 0.25) is 0 Å². The van der Waals surface area contributed by atoms with Gasteiger partial charge in [-0.25, -0.2) is 4.99 Å². The van der Waals surface area contributed by atoms with E-state index in [0.717, 1.165) is 35.1 Å². The van der Waals surface area contributed by atoms with Crippen molar-refractivity contribution >= 4 is 60.8 Å². The standard InChI is InChI=1S/C25H25N3OS2/c1-4-27-21-11-9-17(15-19(21)20-16-18(29-2)10-12-22(20)27)26-25-28(13-14-30-3)23-7-5-6-8-24(23)31-25/h5-12,15-16H,4,13-14H2,1-3H3. The molecule has 0 aliphatic carbocycles. The molecule has 5 aromatic rings. The van der Waals surface area contributed by atoms with Crippen LogP contribution in [-0.2, 0) is 13.1 Å². The molecule has 158 valence electrons. The van der Waals surface area contributed by atoms with Gasteiger partial charge in [0.05, 0.1) is 23.0 Å². The first-order valence-corrected chi connectivity index (χ1v) is 12.7. The number of nitrogens with zero attached hydrogens (tertiary/aromatic N) is 3. The number of fused-ring (bicyclic) bond motifs is 4. The number of thiazole rings is 1. The van der Waals surface area contributed by atoms with Crippen LogP contribution in [-0.4, -0.2) is 28.3 Å². The van der Waals surface area contributed by atoms with Gasteiger partial charge in [0.15, 0.2) is 4.80 Å². The molecule has 6 heteroatoms. The number of rotatable bonds is 6. The monoisotopic (exact) mass is 447 g/mol. The topological polar surface area (TPSA) is 31.4 Å². The fraction of sp³-hybridized carbons (Fsp3) is 0.240. The minimum Gasteiger partial charge on any atom is -0.497 e. The molecule has 0 fully saturated rings. The normalized spacial score (nSPS) is 12.4. The van der Waals surface area contributed by atoms with Gasteiger partial charge in [-0.3, -0.25) is 0 Å². The van der Waals surface area contributed by atoms with Gasteiger partial charge in [-0.2, -0.15) is 11.8 Å². The second-order valence-electron chi connectivity index (χ2n) is 7.44. The van der Waals surface area contributed by atoms with Crippen LogP contribution in [0.2, 0.25) is 0 Å². The van der Waals surface area contributed by atoms with Crippen LogP contribution in [0.15, 0.2) is 65.7 Å². The Kier molecular flexibility index (Phi) is 5.50. The molecule has 5 rings (SSSR count). The summed E-state index contributed by atoms with van der Waals surface area (Å²) in [4.78, 5) is 6.15. The fourth-order valence-electron chi connectivity index (χ4n) is 4.22. The third kappa shape index (κ3) is 3.54. The number of hydrogen-bond acceptors (Lipinski definition) is 4. The van der Waals surface area contributed by atoms with Gasteiger partial charge in [0, 0.05) is 40.6 Å². The predicted octanol–water partition coefficient (Wildman–Crippen LogP) is 6.43. The van der Waals surface area contributed by atoms with E-state index in [-0.39, 0.29) is 0 Å². The highest BCUT2D eigenvalue weighted by atomic mass is 32.2. The summed E-state index contributed by atoms with van der Waals surface area (Å²) in [6.45, 7) is 4.07. The second-order valence-corrected chi connectivity index (χ2v) is 9.43. The van der Waals surface area contributed by atoms with Crippen molar-refractivity contribution in [3.63, 3.8) is 0 Å². The Morgan fingerprint density at radius 3 is 2.48 bits per heavy atom. The van der Waals surface area contributed by atoms with Crippen molar-refractivity contribution < 1.29 is 4.74 Å². The molecule has 0 atom stereocenters. The maximum absolute atomic E-state index is 5.49. The largest absolute Gasteiger partial charge is 0.497 e. The molecule has 0 amide bonds. The van der Waals surface area contributed by atoms with Crippen LogP contribution in [0, 0.1) is 0 Å². The van der Waals surface area contributed by atoms with Crippen molar-refractivity contribution in [3.05, 3.63) is 65.5 Å². The molecule has 0 N–H and O–H groups in total. The van der Waals surface area contributed by atoms with Crippen molar-refractivity contribution in [2.24, 2.45) is 4.99 Å². The van der Waals surface area contributed by atoms with Crippen molar-refractivity contribution in [3.8, 4) is 5.75 Å². The highest BCUT2D eigenvalue weighted by Crippen LogP contribution is 2.34. The predicted molar refractivity (Wildman–Crippen MR) is 135 cm³/mol. The SMILES string of the molecule is CCn1c2ccc(N=c3sc4ccccc4n3CCSC)cc2c2cc(OC)ccc21. The lowest BCUT2D eigenvalue weighted by Gasteiger charge is -2.04. The first-order valence-electron chi connectivity index (χ1n) is 10.5. The van der Waals surface area contributed by atoms with Crippen molar-refractivity contribution in [1.29, 1.82) is 0 Å². The minimum absolute atomic E-state index is 0.879. The van der Waals surface area contributed by atoms with Crippen LogP contribution in [0.1, 0.15) is 6.92 Å². The third-order valence-corrected chi connectivity index (χ3v) is 7.35. The molecule has 0 radical (unpaired) electrons. The van der Waals surface area contributed by atoms with Gasteiger partial charge in [-0.15, -0.1) is 0 Å². The first kappa shape index (κ1) is 20.2. The number of para-hydroxylation sites is 1. The third-order valence-electron chi connectivity index (χ3n) is 5.70. The quantitative estimate of drug-likeness (QED) is 0.300. The van der Waals surface area contributed by atoms with Gasteiger partial charge in [0.1, 0.15) is 5.75 Å². The zero-order chi connectivity index (χ0) is 21.4. The van der Waals surface area contributed by atoms with E-state index in [0.29, 0.717) is 0 Å². The lowest BCUT2D eigenvalue weighted by molar-refractivity contribution is 0.415. The van der Waals surface area contributed by atoms with E-state index in [1.165, 1.54) is 32.0 Å². The van der Waals surface area contributed by atoms with Crippen LogP contribution in [0.25, 0.3) is 32.0 Å². The zero-order valence-electron chi connectivity index (χ0n) is 18.0. The highest BCUT2D eigenvalue weighted by Gasteiger charge is 2.12. The summed E-state index contributed by atoms with van der Waals surface area (Å²) in [5.41, 5.74) is 4.70. The van der Waals surface area contributed by atoms with E-state index in [1.54, 1.807) is 18.4 Å². The summed E-state index contributed by atoms with van der Waals surface area (Å²) in [6, 6.07) is 21.4. The van der Waals surface area contributed by atoms with Gasteiger partial charge in [-0.05, 0) is 61.7 Å². The Balaban J connectivity index is 1.73. The molecule has 3 aromatic carbocycles. The molecular formula is C25H25N3OS2. The Morgan fingerprint density at radius 1 is 0.935 bits per heavy atom. The minimum atomic E-state index is 0.879. The number of methoxy groups -OCH3 is 1. The van der Waals surface area contributed by atoms with Crippen LogP contribution in [0.4, 0.5) is 5.69 Å². The fourth-order valence-corrected chi connectivity index (χ4v) is 5.67. The molecule has 2 aromatic heterocycles. The molecule has 31 heavy (non-hydrogen) atoms. The Labute approximate surface area is 189 Å². The number of benzene rings is 3. The number of aryl methyl sites for hydroxylation is 2. The molecule has 0 spiro atoms. The number of hydrogen-bond donors (Lipinski definition) is 0. The van der Waals surface area contributed by atoms with E-state index in [1.807, 2.05) is 17.8 Å². The van der Waals surface area contributed by atoms with Gasteiger partial charge < -0.3 is 13.9 Å². The van der Waals surface area contributed by atoms with E-state index in [4.69, 9.17) is 9.73 Å². The van der Waals surface area contributed by atoms with Gasteiger partial charge in [0.25, 0.3) is 0 Å². The Bertz CT molecular complexity index is 1460. The molecule has 0 unspecified atom stereocenters. The summed E-state index contributed by atoms with van der Waals surface area (Å²) < 4.78 is 11.5. The first-order chi connectivity index (χ1) is 15.2. The number of ether oxygens (including phenoxy) is 1. The number of thioether (sulfide) groups is 1. The molecule has 0 aliphatic rings. The van der Waals surface area contributed by atoms with Crippen molar-refractivity contribution in [2.75, 3.05) is 19.1 Å². The van der Waals surface area contributed by atoms with E-state index >= 15 is 0 Å². The second kappa shape index (κ2) is 8.44. The average Bonchev–Trinajstić information content (AvgIpc) is 3.31. The molecule has 0 saturated carbocycles. The molecular weight excluding hydrogens is 422 g/mol. The zero-order valence-corrected chi connectivity index (χ0v) is 19.6. The summed E-state index contributed by atoms with van der Waals surface area (Å²) in [7, 11) is 1.72. The summed E-state index contributed by atoms with van der Waals surface area (Å²) >= 11 is 3.62. The molecule has 4 nitrogen and oxygen atoms in total. The van der Waals surface area contributed by atoms with Crippen LogP contribution in [0.3, 0.4) is 0 Å². The average molecular weight is 448 g/mol. The maximum atomic E-state index is 5.49. The summed E-state index contributed by atoms with van der Waals surface area (Å²) in [6.07, 6.45) is 2.15. The van der Waals surface area contributed by atoms with Crippen LogP contribution in [0.5, 0.6) is 5.75 Å². The smallest absolute Gasteiger partial charge is 0.190 e. The maximum Gasteiger partial charge on any atom is 0.190 e. The van der Waals surface area contributed by atoms with Gasteiger partial charge >= 0.3 is 0 Å². The van der Waals surface area contributed by atoms with Crippen LogP contribution >= 0.6 is 23.1 Å². The van der Waals surface area contributed by atoms with Crippen molar-refractivity contribution in [1.82, 2.24) is 9.13 Å². The summed E-state index contributed by atoms with van der Waals surface area (Å²) in [5.74, 6) is 1.95. The van der Waals surface area contributed by atoms with Gasteiger partial charge in [-0.1, -0.05) is 23.5 Å². The molecule has 0 saturated heterocycles. The Morgan fingerprint density at radius 2 is 1.71 bits per heavy atom. The molecule has 0 bridgehead atoms. The van der Waals surface area contributed by atoms with Crippen molar-refractivity contribution in [2.45, 2.75) is 20.0 Å². The summed E-state index contributed by atoms with van der Waals surface area (Å²) in [5, 5.41) is 2.42. The van der Waals surface area contributed by atoms with E-state index in [2.05, 4.69) is 76.9 Å².